The van der Waals surface area contributed by atoms with Crippen LogP contribution in [0.1, 0.15) is 5.76 Å². The van der Waals surface area contributed by atoms with Gasteiger partial charge in [0.25, 0.3) is 0 Å². The van der Waals surface area contributed by atoms with Crippen molar-refractivity contribution in [3.8, 4) is 5.75 Å². The third-order valence-corrected chi connectivity index (χ3v) is 5.59. The number of methoxy groups -OCH3 is 1. The zero-order chi connectivity index (χ0) is 20.9. The molecule has 2 aromatic rings. The smallest absolute Gasteiger partial charge is 0.406 e. The summed E-state index contributed by atoms with van der Waals surface area (Å²) in [5.74, 6) is -0.418. The van der Waals surface area contributed by atoms with Gasteiger partial charge in [0, 0.05) is 7.05 Å². The number of furan rings is 1. The molecule has 0 spiro atoms. The Balaban J connectivity index is 2.15. The Bertz CT molecular complexity index is 881. The first-order chi connectivity index (χ1) is 13.0. The van der Waals surface area contributed by atoms with Crippen molar-refractivity contribution in [1.29, 1.82) is 0 Å². The highest BCUT2D eigenvalue weighted by atomic mass is 32.2. The molecule has 0 saturated heterocycles. The molecule has 0 saturated carbocycles. The van der Waals surface area contributed by atoms with E-state index in [-0.39, 0.29) is 10.7 Å². The maximum atomic E-state index is 12.8. The number of ether oxygens (including phenoxy) is 1. The van der Waals surface area contributed by atoms with Crippen molar-refractivity contribution in [3.05, 3.63) is 48.4 Å². The van der Waals surface area contributed by atoms with Crippen molar-refractivity contribution >= 4 is 15.9 Å². The van der Waals surface area contributed by atoms with Crippen molar-refractivity contribution in [1.82, 2.24) is 9.21 Å². The summed E-state index contributed by atoms with van der Waals surface area (Å²) >= 11 is 0. The van der Waals surface area contributed by atoms with Gasteiger partial charge in [-0.2, -0.15) is 17.5 Å². The number of halogens is 3. The van der Waals surface area contributed by atoms with E-state index in [1.807, 2.05) is 0 Å². The van der Waals surface area contributed by atoms with E-state index in [2.05, 4.69) is 0 Å². The zero-order valence-electron chi connectivity index (χ0n) is 15.1. The highest BCUT2D eigenvalue weighted by Gasteiger charge is 2.34. The summed E-state index contributed by atoms with van der Waals surface area (Å²) in [6.45, 7) is -2.71. The van der Waals surface area contributed by atoms with Gasteiger partial charge in [-0.05, 0) is 36.4 Å². The molecule has 1 amide bonds. The van der Waals surface area contributed by atoms with E-state index < -0.39 is 41.7 Å². The molecule has 0 unspecified atom stereocenters. The Morgan fingerprint density at radius 2 is 1.82 bits per heavy atom. The molecule has 0 aliphatic rings. The molecule has 0 bridgehead atoms. The predicted molar refractivity (Wildman–Crippen MR) is 93.0 cm³/mol. The summed E-state index contributed by atoms with van der Waals surface area (Å²) in [7, 11) is -1.53. The van der Waals surface area contributed by atoms with Gasteiger partial charge < -0.3 is 14.1 Å². The summed E-state index contributed by atoms with van der Waals surface area (Å²) < 4.78 is 74.3. The Morgan fingerprint density at radius 3 is 2.32 bits per heavy atom. The number of carbonyl (C=O) groups excluding carboxylic acids is 1. The lowest BCUT2D eigenvalue weighted by molar-refractivity contribution is -0.162. The van der Waals surface area contributed by atoms with Crippen LogP contribution in [0.2, 0.25) is 0 Å². The average molecular weight is 420 g/mol. The second-order valence-electron chi connectivity index (χ2n) is 5.88. The lowest BCUT2D eigenvalue weighted by Crippen LogP contribution is -2.44. The molecule has 28 heavy (non-hydrogen) atoms. The van der Waals surface area contributed by atoms with Crippen molar-refractivity contribution < 1.29 is 35.5 Å². The van der Waals surface area contributed by atoms with Crippen LogP contribution in [0.3, 0.4) is 0 Å². The first-order valence-corrected chi connectivity index (χ1v) is 9.44. The fourth-order valence-electron chi connectivity index (χ4n) is 2.34. The molecule has 11 heteroatoms. The van der Waals surface area contributed by atoms with Crippen LogP contribution < -0.4 is 4.74 Å². The van der Waals surface area contributed by atoms with Crippen LogP contribution in [-0.4, -0.2) is 57.0 Å². The van der Waals surface area contributed by atoms with E-state index >= 15 is 0 Å². The number of benzene rings is 1. The number of sulfonamides is 1. The lowest BCUT2D eigenvalue weighted by Gasteiger charge is -2.25. The highest BCUT2D eigenvalue weighted by molar-refractivity contribution is 7.89. The van der Waals surface area contributed by atoms with Gasteiger partial charge in [-0.1, -0.05) is 0 Å². The Kier molecular flexibility index (Phi) is 6.73. The van der Waals surface area contributed by atoms with Crippen molar-refractivity contribution in [3.63, 3.8) is 0 Å². The standard InChI is InChI=1S/C17H19F3N2O5S/c1-21(28(24,25)15-7-5-13(26-2)6-8-15)11-16(23)22(12-17(18,19)20)10-14-4-3-9-27-14/h3-9H,10-12H2,1-2H3. The molecular formula is C17H19F3N2O5S. The second-order valence-corrected chi connectivity index (χ2v) is 7.93. The van der Waals surface area contributed by atoms with Crippen molar-refractivity contribution in [2.24, 2.45) is 0 Å². The van der Waals surface area contributed by atoms with Crippen LogP contribution >= 0.6 is 0 Å². The van der Waals surface area contributed by atoms with Gasteiger partial charge in [0.2, 0.25) is 15.9 Å². The van der Waals surface area contributed by atoms with Crippen LogP contribution in [-0.2, 0) is 21.4 Å². The van der Waals surface area contributed by atoms with E-state index in [4.69, 9.17) is 9.15 Å². The largest absolute Gasteiger partial charge is 0.497 e. The van der Waals surface area contributed by atoms with E-state index in [1.165, 1.54) is 49.8 Å². The Morgan fingerprint density at radius 1 is 1.18 bits per heavy atom. The van der Waals surface area contributed by atoms with Crippen molar-refractivity contribution in [2.75, 3.05) is 27.2 Å². The van der Waals surface area contributed by atoms with Crippen LogP contribution in [0.4, 0.5) is 13.2 Å². The fourth-order valence-corrected chi connectivity index (χ4v) is 3.46. The van der Waals surface area contributed by atoms with Gasteiger partial charge in [0.05, 0.1) is 31.4 Å². The summed E-state index contributed by atoms with van der Waals surface area (Å²) in [5.41, 5.74) is 0. The van der Waals surface area contributed by atoms with Crippen LogP contribution in [0.25, 0.3) is 0 Å². The molecule has 1 heterocycles. The zero-order valence-corrected chi connectivity index (χ0v) is 16.0. The molecule has 2 rings (SSSR count). The predicted octanol–water partition coefficient (Wildman–Crippen LogP) is 2.50. The molecule has 1 aromatic carbocycles. The van der Waals surface area contributed by atoms with Crippen molar-refractivity contribution in [2.45, 2.75) is 17.6 Å². The maximum absolute atomic E-state index is 12.8. The molecule has 0 radical (unpaired) electrons. The van der Waals surface area contributed by atoms with E-state index in [0.29, 0.717) is 15.0 Å². The summed E-state index contributed by atoms with van der Waals surface area (Å²) in [6.07, 6.45) is -3.37. The van der Waals surface area contributed by atoms with E-state index in [9.17, 15) is 26.4 Å². The molecule has 0 fully saturated rings. The van der Waals surface area contributed by atoms with Gasteiger partial charge in [0.1, 0.15) is 18.1 Å². The molecule has 0 aliphatic carbocycles. The second kappa shape index (κ2) is 8.65. The molecule has 154 valence electrons. The highest BCUT2D eigenvalue weighted by Crippen LogP contribution is 2.21. The number of hydrogen-bond acceptors (Lipinski definition) is 5. The number of hydrogen-bond donors (Lipinski definition) is 0. The number of rotatable bonds is 8. The third-order valence-electron chi connectivity index (χ3n) is 3.78. The summed E-state index contributed by atoms with van der Waals surface area (Å²) in [4.78, 5) is 12.8. The van der Waals surface area contributed by atoms with Gasteiger partial charge in [-0.25, -0.2) is 8.42 Å². The first kappa shape index (κ1) is 21.8. The minimum atomic E-state index is -4.64. The summed E-state index contributed by atoms with van der Waals surface area (Å²) in [5, 5.41) is 0. The quantitative estimate of drug-likeness (QED) is 0.656. The Labute approximate surface area is 160 Å². The van der Waals surface area contributed by atoms with E-state index in [0.717, 1.165) is 7.05 Å². The molecule has 1 aromatic heterocycles. The first-order valence-electron chi connectivity index (χ1n) is 8.00. The molecule has 0 aliphatic heterocycles. The molecule has 0 N–H and O–H groups in total. The van der Waals surface area contributed by atoms with Crippen LogP contribution in [0.15, 0.2) is 52.0 Å². The average Bonchev–Trinajstić information content (AvgIpc) is 3.13. The monoisotopic (exact) mass is 420 g/mol. The normalized spacial score (nSPS) is 12.2. The number of nitrogens with zero attached hydrogens (tertiary/aromatic N) is 2. The number of carbonyl (C=O) groups is 1. The Hall–Kier alpha value is -2.53. The van der Waals surface area contributed by atoms with Gasteiger partial charge in [-0.3, -0.25) is 4.79 Å². The summed E-state index contributed by atoms with van der Waals surface area (Å²) in [6, 6.07) is 8.32. The van der Waals surface area contributed by atoms with Crippen LogP contribution in [0.5, 0.6) is 5.75 Å². The van der Waals surface area contributed by atoms with Gasteiger partial charge >= 0.3 is 6.18 Å². The SMILES string of the molecule is COc1ccc(S(=O)(=O)N(C)CC(=O)N(Cc2ccco2)CC(F)(F)F)cc1. The van der Waals surface area contributed by atoms with Crippen LogP contribution in [0, 0.1) is 0 Å². The van der Waals surface area contributed by atoms with Gasteiger partial charge in [0.15, 0.2) is 0 Å². The molecule has 7 nitrogen and oxygen atoms in total. The maximum Gasteiger partial charge on any atom is 0.406 e. The number of amides is 1. The van der Waals surface area contributed by atoms with Gasteiger partial charge in [-0.15, -0.1) is 0 Å². The number of alkyl halides is 3. The fraction of sp³-hybridized carbons (Fsp3) is 0.353. The minimum absolute atomic E-state index is 0.114. The molecule has 0 atom stereocenters. The third kappa shape index (κ3) is 5.73. The van der Waals surface area contributed by atoms with E-state index in [1.54, 1.807) is 0 Å². The topological polar surface area (TPSA) is 80.1 Å². The minimum Gasteiger partial charge on any atom is -0.497 e. The lowest BCUT2D eigenvalue weighted by atomic mass is 10.3. The molecular weight excluding hydrogens is 401 g/mol. The number of likely N-dealkylation sites (N-methyl/N-ethyl adjacent to an activating group) is 1.